The molecule has 0 radical (unpaired) electrons. The average molecular weight is 325 g/mol. The molecule has 3 nitrogen and oxygen atoms in total. The number of hydrogen-bond donors (Lipinski definition) is 0. The van der Waals surface area contributed by atoms with Crippen LogP contribution >= 0.6 is 15.9 Å². The van der Waals surface area contributed by atoms with Gasteiger partial charge in [0.25, 0.3) is 5.91 Å². The highest BCUT2D eigenvalue weighted by molar-refractivity contribution is 9.10. The van der Waals surface area contributed by atoms with Crippen LogP contribution < -0.4 is 0 Å². The fraction of sp³-hybridized carbons (Fsp3) is 0.533. The summed E-state index contributed by atoms with van der Waals surface area (Å²) in [6.07, 6.45) is 1.08. The van der Waals surface area contributed by atoms with Crippen molar-refractivity contribution in [2.45, 2.75) is 26.3 Å². The van der Waals surface area contributed by atoms with Gasteiger partial charge < -0.3 is 4.90 Å². The second kappa shape index (κ2) is 6.06. The van der Waals surface area contributed by atoms with E-state index in [1.807, 2.05) is 30.0 Å². The molecule has 1 fully saturated rings. The van der Waals surface area contributed by atoms with Crippen LogP contribution in [-0.4, -0.2) is 48.4 Å². The van der Waals surface area contributed by atoms with Crippen LogP contribution in [0, 0.1) is 6.92 Å². The lowest BCUT2D eigenvalue weighted by Crippen LogP contribution is -2.52. The summed E-state index contributed by atoms with van der Waals surface area (Å²) >= 11 is 3.49. The highest BCUT2D eigenvalue weighted by Crippen LogP contribution is 2.20. The SMILES string of the molecule is CCC1CN(C(=O)c2ccc(C)c(Br)c2)CCN1C. The molecule has 1 heterocycles. The van der Waals surface area contributed by atoms with Gasteiger partial charge in [-0.05, 0) is 38.1 Å². The number of carbonyl (C=O) groups excluding carboxylic acids is 1. The van der Waals surface area contributed by atoms with E-state index >= 15 is 0 Å². The number of aryl methyl sites for hydroxylation is 1. The zero-order chi connectivity index (χ0) is 14.0. The Labute approximate surface area is 123 Å². The molecule has 1 amide bonds. The van der Waals surface area contributed by atoms with E-state index < -0.39 is 0 Å². The Bertz CT molecular complexity index is 475. The number of carbonyl (C=O) groups is 1. The minimum Gasteiger partial charge on any atom is -0.336 e. The predicted octanol–water partition coefficient (Wildman–Crippen LogP) is 2.92. The topological polar surface area (TPSA) is 23.6 Å². The minimum absolute atomic E-state index is 0.146. The number of likely N-dealkylation sites (N-methyl/N-ethyl adjacent to an activating group) is 1. The van der Waals surface area contributed by atoms with Crippen LogP contribution in [0.15, 0.2) is 22.7 Å². The monoisotopic (exact) mass is 324 g/mol. The molecule has 4 heteroatoms. The second-order valence-corrected chi connectivity index (χ2v) is 6.11. The molecule has 0 bridgehead atoms. The first-order valence-corrected chi connectivity index (χ1v) is 7.58. The van der Waals surface area contributed by atoms with Gasteiger partial charge >= 0.3 is 0 Å². The lowest BCUT2D eigenvalue weighted by atomic mass is 10.1. The molecule has 1 aromatic carbocycles. The van der Waals surface area contributed by atoms with Crippen molar-refractivity contribution in [3.63, 3.8) is 0 Å². The molecule has 1 aliphatic heterocycles. The van der Waals surface area contributed by atoms with Crippen LogP contribution in [0.1, 0.15) is 29.3 Å². The van der Waals surface area contributed by atoms with E-state index in [2.05, 4.69) is 34.8 Å². The molecule has 104 valence electrons. The number of piperazine rings is 1. The van der Waals surface area contributed by atoms with E-state index in [1.165, 1.54) is 0 Å². The molecule has 0 saturated carbocycles. The van der Waals surface area contributed by atoms with Crippen LogP contribution in [0.2, 0.25) is 0 Å². The Kier molecular flexibility index (Phi) is 4.63. The molecule has 1 aliphatic rings. The first-order chi connectivity index (χ1) is 9.02. The quantitative estimate of drug-likeness (QED) is 0.835. The Morgan fingerprint density at radius 3 is 2.79 bits per heavy atom. The van der Waals surface area contributed by atoms with E-state index in [4.69, 9.17) is 0 Å². The summed E-state index contributed by atoms with van der Waals surface area (Å²) in [7, 11) is 2.14. The number of halogens is 1. The van der Waals surface area contributed by atoms with Crippen molar-refractivity contribution < 1.29 is 4.79 Å². The van der Waals surface area contributed by atoms with E-state index in [0.29, 0.717) is 6.04 Å². The van der Waals surface area contributed by atoms with Gasteiger partial charge in [0.1, 0.15) is 0 Å². The van der Waals surface area contributed by atoms with Gasteiger partial charge in [0.15, 0.2) is 0 Å². The predicted molar refractivity (Wildman–Crippen MR) is 81.5 cm³/mol. The third kappa shape index (κ3) is 3.18. The fourth-order valence-electron chi connectivity index (χ4n) is 2.48. The van der Waals surface area contributed by atoms with Crippen molar-refractivity contribution in [2.75, 3.05) is 26.7 Å². The van der Waals surface area contributed by atoms with Crippen LogP contribution in [0.4, 0.5) is 0 Å². The van der Waals surface area contributed by atoms with Gasteiger partial charge in [0, 0.05) is 35.7 Å². The highest BCUT2D eigenvalue weighted by Gasteiger charge is 2.26. The molecule has 0 aliphatic carbocycles. The van der Waals surface area contributed by atoms with E-state index in [0.717, 1.165) is 41.7 Å². The Morgan fingerprint density at radius 2 is 2.16 bits per heavy atom. The van der Waals surface area contributed by atoms with Gasteiger partial charge in [0.2, 0.25) is 0 Å². The normalized spacial score (nSPS) is 20.6. The summed E-state index contributed by atoms with van der Waals surface area (Å²) < 4.78 is 1.000. The number of nitrogens with zero attached hydrogens (tertiary/aromatic N) is 2. The fourth-order valence-corrected chi connectivity index (χ4v) is 2.86. The molecule has 0 spiro atoms. The summed E-state index contributed by atoms with van der Waals surface area (Å²) in [4.78, 5) is 16.8. The maximum absolute atomic E-state index is 12.5. The van der Waals surface area contributed by atoms with E-state index in [-0.39, 0.29) is 5.91 Å². The van der Waals surface area contributed by atoms with Crippen LogP contribution in [0.5, 0.6) is 0 Å². The van der Waals surface area contributed by atoms with E-state index in [9.17, 15) is 4.79 Å². The van der Waals surface area contributed by atoms with Gasteiger partial charge in [-0.2, -0.15) is 0 Å². The van der Waals surface area contributed by atoms with E-state index in [1.54, 1.807) is 0 Å². The smallest absolute Gasteiger partial charge is 0.253 e. The van der Waals surface area contributed by atoms with Crippen LogP contribution in [0.25, 0.3) is 0 Å². The number of rotatable bonds is 2. The standard InChI is InChI=1S/C15H21BrN2O/c1-4-13-10-18(8-7-17(13)3)15(19)12-6-5-11(2)14(16)9-12/h5-6,9,13H,4,7-8,10H2,1-3H3. The number of hydrogen-bond acceptors (Lipinski definition) is 2. The zero-order valence-electron chi connectivity index (χ0n) is 11.8. The maximum atomic E-state index is 12.5. The second-order valence-electron chi connectivity index (χ2n) is 5.26. The molecule has 1 atom stereocenters. The Balaban J connectivity index is 2.13. The van der Waals surface area contributed by atoms with Crippen LogP contribution in [0.3, 0.4) is 0 Å². The lowest BCUT2D eigenvalue weighted by Gasteiger charge is -2.39. The van der Waals surface area contributed by atoms with Gasteiger partial charge in [-0.15, -0.1) is 0 Å². The summed E-state index contributed by atoms with van der Waals surface area (Å²) in [5.41, 5.74) is 1.93. The Morgan fingerprint density at radius 1 is 1.42 bits per heavy atom. The third-order valence-corrected chi connectivity index (χ3v) is 4.81. The van der Waals surface area contributed by atoms with Gasteiger partial charge in [-0.25, -0.2) is 0 Å². The van der Waals surface area contributed by atoms with Crippen molar-refractivity contribution in [1.29, 1.82) is 0 Å². The number of amides is 1. The highest BCUT2D eigenvalue weighted by atomic mass is 79.9. The average Bonchev–Trinajstić information content (AvgIpc) is 2.41. The van der Waals surface area contributed by atoms with Crippen molar-refractivity contribution >= 4 is 21.8 Å². The lowest BCUT2D eigenvalue weighted by molar-refractivity contribution is 0.0542. The molecular formula is C15H21BrN2O. The van der Waals surface area contributed by atoms with Gasteiger partial charge in [0.05, 0.1) is 0 Å². The molecule has 2 rings (SSSR count). The Hall–Kier alpha value is -0.870. The largest absolute Gasteiger partial charge is 0.336 e. The van der Waals surface area contributed by atoms with Gasteiger partial charge in [-0.3, -0.25) is 9.69 Å². The first-order valence-electron chi connectivity index (χ1n) is 6.78. The summed E-state index contributed by atoms with van der Waals surface area (Å²) in [6, 6.07) is 6.31. The van der Waals surface area contributed by atoms with Gasteiger partial charge in [-0.1, -0.05) is 28.9 Å². The third-order valence-electron chi connectivity index (χ3n) is 3.95. The maximum Gasteiger partial charge on any atom is 0.253 e. The molecule has 0 aromatic heterocycles. The van der Waals surface area contributed by atoms with Crippen molar-refractivity contribution in [2.24, 2.45) is 0 Å². The molecular weight excluding hydrogens is 304 g/mol. The molecule has 1 aromatic rings. The molecule has 1 unspecified atom stereocenters. The van der Waals surface area contributed by atoms with Crippen molar-refractivity contribution in [3.8, 4) is 0 Å². The molecule has 1 saturated heterocycles. The summed E-state index contributed by atoms with van der Waals surface area (Å²) in [5.74, 6) is 0.146. The van der Waals surface area contributed by atoms with Crippen molar-refractivity contribution in [3.05, 3.63) is 33.8 Å². The summed E-state index contributed by atoms with van der Waals surface area (Å²) in [6.45, 7) is 6.81. The molecule has 19 heavy (non-hydrogen) atoms. The minimum atomic E-state index is 0.146. The number of benzene rings is 1. The first kappa shape index (κ1) is 14.5. The van der Waals surface area contributed by atoms with Crippen molar-refractivity contribution in [1.82, 2.24) is 9.80 Å². The van der Waals surface area contributed by atoms with Crippen LogP contribution in [-0.2, 0) is 0 Å². The molecule has 0 N–H and O–H groups in total. The summed E-state index contributed by atoms with van der Waals surface area (Å²) in [5, 5.41) is 0. The zero-order valence-corrected chi connectivity index (χ0v) is 13.4.